The first-order chi connectivity index (χ1) is 13.2. The van der Waals surface area contributed by atoms with Gasteiger partial charge in [-0.05, 0) is 36.3 Å². The Bertz CT molecular complexity index is 848. The Balaban J connectivity index is 2.19. The van der Waals surface area contributed by atoms with Gasteiger partial charge in [0.2, 0.25) is 11.7 Å². The van der Waals surface area contributed by atoms with Gasteiger partial charge < -0.3 is 19.6 Å². The highest BCUT2D eigenvalue weighted by atomic mass is 35.5. The Labute approximate surface area is 182 Å². The molecule has 2 atom stereocenters. The number of aliphatic hydroxyl groups excluding tert-OH is 1. The van der Waals surface area contributed by atoms with Crippen LogP contribution in [0.3, 0.4) is 0 Å². The number of carbonyl (C=O) groups excluding carboxylic acids is 2. The zero-order chi connectivity index (χ0) is 22.1. The number of ketones is 1. The number of Topliss-reactive ketones (excluding diaryl/α,β-unsaturated/α-hetero) is 1. The van der Waals surface area contributed by atoms with Crippen LogP contribution in [0, 0.1) is 0 Å². The number of hydrogen-bond acceptors (Lipinski definition) is 5. The largest absolute Gasteiger partial charge is 0.481 e. The van der Waals surface area contributed by atoms with E-state index in [1.165, 1.54) is 25.1 Å². The van der Waals surface area contributed by atoms with Crippen LogP contribution in [-0.2, 0) is 14.0 Å². The van der Waals surface area contributed by atoms with Crippen LogP contribution in [0.2, 0.25) is 28.2 Å². The molecule has 1 aliphatic rings. The lowest BCUT2D eigenvalue weighted by Gasteiger charge is -2.37. The Morgan fingerprint density at radius 1 is 1.24 bits per heavy atom. The molecule has 0 saturated carbocycles. The normalized spacial score (nSPS) is 19.6. The summed E-state index contributed by atoms with van der Waals surface area (Å²) in [7, 11) is -2.04. The summed E-state index contributed by atoms with van der Waals surface area (Å²) in [4.78, 5) is 24.4. The Kier molecular flexibility index (Phi) is 7.23. The lowest BCUT2D eigenvalue weighted by atomic mass is 10.1. The van der Waals surface area contributed by atoms with Gasteiger partial charge in [-0.25, -0.2) is 0 Å². The molecule has 1 aromatic rings. The van der Waals surface area contributed by atoms with Crippen LogP contribution >= 0.6 is 23.2 Å². The maximum Gasteiger partial charge on any atom is 0.229 e. The monoisotopic (exact) mass is 459 g/mol. The maximum absolute atomic E-state index is 13.0. The number of nitrogens with one attached hydrogen (secondary N) is 1. The van der Waals surface area contributed by atoms with E-state index in [9.17, 15) is 14.7 Å². The van der Waals surface area contributed by atoms with Gasteiger partial charge in [-0.3, -0.25) is 9.59 Å². The average molecular weight is 460 g/mol. The third-order valence-electron chi connectivity index (χ3n) is 5.24. The predicted molar refractivity (Wildman–Crippen MR) is 117 cm³/mol. The van der Waals surface area contributed by atoms with Crippen LogP contribution in [-0.4, -0.2) is 43.9 Å². The molecule has 1 aromatic carbocycles. The number of amides is 1. The number of benzene rings is 1. The number of hydrogen-bond donors (Lipinski definition) is 2. The molecular formula is C20H27Cl2NO5Si. The molecule has 1 aliphatic heterocycles. The van der Waals surface area contributed by atoms with Crippen molar-refractivity contribution >= 4 is 48.9 Å². The van der Waals surface area contributed by atoms with Crippen molar-refractivity contribution in [2.45, 2.75) is 58.0 Å². The van der Waals surface area contributed by atoms with E-state index < -0.39 is 26.3 Å². The molecular weight excluding hydrogens is 433 g/mol. The second kappa shape index (κ2) is 8.77. The number of halogens is 2. The molecule has 2 N–H and O–H groups in total. The van der Waals surface area contributed by atoms with E-state index in [0.717, 1.165) is 0 Å². The fraction of sp³-hybridized carbons (Fsp3) is 0.500. The third-order valence-corrected chi connectivity index (χ3v) is 10.5. The Morgan fingerprint density at radius 2 is 1.83 bits per heavy atom. The quantitative estimate of drug-likeness (QED) is 0.471. The molecule has 0 radical (unpaired) electrons. The van der Waals surface area contributed by atoms with E-state index in [1.54, 1.807) is 0 Å². The molecule has 29 heavy (non-hydrogen) atoms. The number of aliphatic hydroxyl groups is 1. The minimum Gasteiger partial charge on any atom is -0.481 e. The lowest BCUT2D eigenvalue weighted by Crippen LogP contribution is -2.44. The first-order valence-electron chi connectivity index (χ1n) is 9.25. The molecule has 6 nitrogen and oxygen atoms in total. The van der Waals surface area contributed by atoms with Crippen LogP contribution in [0.25, 0.3) is 0 Å². The third kappa shape index (κ3) is 5.61. The van der Waals surface area contributed by atoms with Gasteiger partial charge in [0, 0.05) is 6.92 Å². The number of ether oxygens (including phenoxy) is 1. The van der Waals surface area contributed by atoms with Gasteiger partial charge in [-0.2, -0.15) is 0 Å². The zero-order valence-corrected chi connectivity index (χ0v) is 19.9. The van der Waals surface area contributed by atoms with Crippen LogP contribution in [0.4, 0.5) is 5.69 Å². The smallest absolute Gasteiger partial charge is 0.229 e. The Morgan fingerprint density at radius 3 is 2.38 bits per heavy atom. The SMILES string of the molecule is CC(=O)Nc1cc(Cl)c(Cl)cc1C(=O)C1=C[C@H](O)[C@@H](CO[Si](C)(C)C(C)(C)C)O1. The van der Waals surface area contributed by atoms with Crippen molar-refractivity contribution in [1.82, 2.24) is 0 Å². The van der Waals surface area contributed by atoms with Gasteiger partial charge in [0.15, 0.2) is 20.2 Å². The van der Waals surface area contributed by atoms with E-state index in [4.69, 9.17) is 32.4 Å². The maximum atomic E-state index is 13.0. The van der Waals surface area contributed by atoms with Gasteiger partial charge in [-0.1, -0.05) is 44.0 Å². The second-order valence-corrected chi connectivity index (χ2v) is 14.2. The number of rotatable bonds is 6. The van der Waals surface area contributed by atoms with Gasteiger partial charge in [0.25, 0.3) is 0 Å². The first-order valence-corrected chi connectivity index (χ1v) is 12.9. The minimum atomic E-state index is -2.04. The highest BCUT2D eigenvalue weighted by Crippen LogP contribution is 2.37. The molecule has 0 spiro atoms. The molecule has 0 aliphatic carbocycles. The first kappa shape index (κ1) is 23.9. The van der Waals surface area contributed by atoms with Crippen LogP contribution in [0.5, 0.6) is 0 Å². The molecule has 9 heteroatoms. The fourth-order valence-corrected chi connectivity index (χ4v) is 3.81. The topological polar surface area (TPSA) is 84.9 Å². The van der Waals surface area contributed by atoms with Gasteiger partial charge >= 0.3 is 0 Å². The van der Waals surface area contributed by atoms with Crippen molar-refractivity contribution in [1.29, 1.82) is 0 Å². The van der Waals surface area contributed by atoms with Gasteiger partial charge in [0.1, 0.15) is 6.10 Å². The molecule has 0 fully saturated rings. The standard InChI is InChI=1S/C20H27Cl2NO5Si/c1-11(24)23-15-8-14(22)13(21)7-12(15)19(26)17-9-16(25)18(28-17)10-27-29(5,6)20(2,3)4/h7-9,16,18,25H,10H2,1-6H3,(H,23,24)/t16-,18+/m0/s1. The van der Waals surface area contributed by atoms with Crippen LogP contribution < -0.4 is 5.32 Å². The van der Waals surface area contributed by atoms with Crippen LogP contribution in [0.15, 0.2) is 24.0 Å². The van der Waals surface area contributed by atoms with Crippen molar-refractivity contribution in [2.24, 2.45) is 0 Å². The predicted octanol–water partition coefficient (Wildman–Crippen LogP) is 4.80. The number of anilines is 1. The van der Waals surface area contributed by atoms with E-state index in [2.05, 4.69) is 39.2 Å². The van der Waals surface area contributed by atoms with Crippen molar-refractivity contribution in [3.05, 3.63) is 39.6 Å². The number of carbonyl (C=O) groups is 2. The summed E-state index contributed by atoms with van der Waals surface area (Å²) >= 11 is 12.1. The summed E-state index contributed by atoms with van der Waals surface area (Å²) in [6.07, 6.45) is -0.317. The molecule has 2 rings (SSSR count). The van der Waals surface area contributed by atoms with Gasteiger partial charge in [-0.15, -0.1) is 0 Å². The van der Waals surface area contributed by atoms with E-state index in [0.29, 0.717) is 0 Å². The molecule has 1 heterocycles. The molecule has 0 bridgehead atoms. The summed E-state index contributed by atoms with van der Waals surface area (Å²) in [6.45, 7) is 12.0. The highest BCUT2D eigenvalue weighted by molar-refractivity contribution is 6.74. The summed E-state index contributed by atoms with van der Waals surface area (Å²) in [6, 6.07) is 2.77. The van der Waals surface area contributed by atoms with Gasteiger partial charge in [0.05, 0.1) is 27.9 Å². The average Bonchev–Trinajstić information content (AvgIpc) is 2.95. The van der Waals surface area contributed by atoms with Crippen molar-refractivity contribution in [2.75, 3.05) is 11.9 Å². The van der Waals surface area contributed by atoms with E-state index in [-0.39, 0.29) is 44.6 Å². The Hall–Kier alpha value is -1.38. The fourth-order valence-electron chi connectivity index (χ4n) is 2.46. The summed E-state index contributed by atoms with van der Waals surface area (Å²) < 4.78 is 11.8. The molecule has 0 saturated heterocycles. The van der Waals surface area contributed by atoms with Crippen molar-refractivity contribution in [3.8, 4) is 0 Å². The van der Waals surface area contributed by atoms with E-state index >= 15 is 0 Å². The summed E-state index contributed by atoms with van der Waals surface area (Å²) in [5.74, 6) is -0.896. The molecule has 0 unspecified atom stereocenters. The van der Waals surface area contributed by atoms with Crippen LogP contribution in [0.1, 0.15) is 38.1 Å². The summed E-state index contributed by atoms with van der Waals surface area (Å²) in [5.41, 5.74) is 0.343. The highest BCUT2D eigenvalue weighted by Gasteiger charge is 2.40. The minimum absolute atomic E-state index is 0.00987. The van der Waals surface area contributed by atoms with Crippen molar-refractivity contribution in [3.63, 3.8) is 0 Å². The summed E-state index contributed by atoms with van der Waals surface area (Å²) in [5, 5.41) is 13.3. The number of allylic oxidation sites excluding steroid dienone is 1. The van der Waals surface area contributed by atoms with Crippen molar-refractivity contribution < 1.29 is 23.9 Å². The molecule has 0 aromatic heterocycles. The zero-order valence-electron chi connectivity index (χ0n) is 17.4. The molecule has 1 amide bonds. The molecule has 160 valence electrons. The van der Waals surface area contributed by atoms with E-state index in [1.807, 2.05) is 0 Å². The second-order valence-electron chi connectivity index (χ2n) is 8.57. The lowest BCUT2D eigenvalue weighted by molar-refractivity contribution is -0.114.